The van der Waals surface area contributed by atoms with E-state index in [2.05, 4.69) is 10.3 Å². The fourth-order valence-electron chi connectivity index (χ4n) is 1.95. The molecule has 2 nitrogen and oxygen atoms in total. The second kappa shape index (κ2) is 6.46. The highest BCUT2D eigenvalue weighted by atomic mass is 35.5. The molecule has 1 aromatic carbocycles. The molecule has 0 radical (unpaired) electrons. The van der Waals surface area contributed by atoms with E-state index in [1.54, 1.807) is 23.5 Å². The molecule has 0 spiro atoms. The van der Waals surface area contributed by atoms with Crippen LogP contribution in [0.1, 0.15) is 16.3 Å². The zero-order valence-electron chi connectivity index (χ0n) is 10.9. The number of aryl methyl sites for hydroxylation is 1. The standard InChI is InChI=1S/C14H16ClFN2S/c1-9-8-19-14(18-9)7-12(17-2)6-10-5-11(15)3-4-13(10)16/h3-5,8,12,17H,6-7H2,1-2H3. The molecule has 0 aliphatic carbocycles. The van der Waals surface area contributed by atoms with Gasteiger partial charge in [-0.15, -0.1) is 11.3 Å². The number of benzene rings is 1. The molecule has 1 N–H and O–H groups in total. The fraction of sp³-hybridized carbons (Fsp3) is 0.357. The van der Waals surface area contributed by atoms with Crippen LogP contribution in [0.15, 0.2) is 23.6 Å². The van der Waals surface area contributed by atoms with Gasteiger partial charge in [0.1, 0.15) is 5.82 Å². The van der Waals surface area contributed by atoms with E-state index in [0.717, 1.165) is 17.1 Å². The van der Waals surface area contributed by atoms with Gasteiger partial charge < -0.3 is 5.32 Å². The zero-order chi connectivity index (χ0) is 13.8. The van der Waals surface area contributed by atoms with Crippen LogP contribution >= 0.6 is 22.9 Å². The second-order valence-corrected chi connectivity index (χ2v) is 5.89. The number of hydrogen-bond donors (Lipinski definition) is 1. The highest BCUT2D eigenvalue weighted by Gasteiger charge is 2.13. The van der Waals surface area contributed by atoms with E-state index in [4.69, 9.17) is 11.6 Å². The summed E-state index contributed by atoms with van der Waals surface area (Å²) < 4.78 is 13.7. The van der Waals surface area contributed by atoms with Crippen molar-refractivity contribution < 1.29 is 4.39 Å². The first kappa shape index (κ1) is 14.4. The maximum atomic E-state index is 13.7. The van der Waals surface area contributed by atoms with Crippen LogP contribution in [0.2, 0.25) is 5.02 Å². The smallest absolute Gasteiger partial charge is 0.126 e. The largest absolute Gasteiger partial charge is 0.316 e. The lowest BCUT2D eigenvalue weighted by Crippen LogP contribution is -2.30. The predicted molar refractivity (Wildman–Crippen MR) is 78.5 cm³/mol. The predicted octanol–water partition coefficient (Wildman–Crippen LogP) is 3.62. The highest BCUT2D eigenvalue weighted by Crippen LogP contribution is 2.18. The van der Waals surface area contributed by atoms with Crippen molar-refractivity contribution in [1.82, 2.24) is 10.3 Å². The third-order valence-electron chi connectivity index (χ3n) is 2.97. The molecule has 5 heteroatoms. The van der Waals surface area contributed by atoms with Crippen molar-refractivity contribution in [2.24, 2.45) is 0 Å². The Kier molecular flexibility index (Phi) is 4.91. The molecule has 1 unspecified atom stereocenters. The molecule has 1 aromatic heterocycles. The highest BCUT2D eigenvalue weighted by molar-refractivity contribution is 7.09. The maximum absolute atomic E-state index is 13.7. The van der Waals surface area contributed by atoms with Gasteiger partial charge in [0.05, 0.1) is 5.01 Å². The Morgan fingerprint density at radius 1 is 1.42 bits per heavy atom. The molecule has 2 rings (SSSR count). The minimum Gasteiger partial charge on any atom is -0.316 e. The maximum Gasteiger partial charge on any atom is 0.126 e. The lowest BCUT2D eigenvalue weighted by Gasteiger charge is -2.15. The third-order valence-corrected chi connectivity index (χ3v) is 4.19. The van der Waals surface area contributed by atoms with Crippen molar-refractivity contribution in [3.8, 4) is 0 Å². The Labute approximate surface area is 121 Å². The molecular weight excluding hydrogens is 283 g/mol. The molecular formula is C14H16ClFN2S. The topological polar surface area (TPSA) is 24.9 Å². The van der Waals surface area contributed by atoms with E-state index in [-0.39, 0.29) is 11.9 Å². The van der Waals surface area contributed by atoms with Crippen LogP contribution in [0.4, 0.5) is 4.39 Å². The van der Waals surface area contributed by atoms with Crippen LogP contribution in [0.5, 0.6) is 0 Å². The first-order valence-corrected chi connectivity index (χ1v) is 7.36. The fourth-order valence-corrected chi connectivity index (χ4v) is 3.00. The zero-order valence-corrected chi connectivity index (χ0v) is 12.5. The number of likely N-dealkylation sites (N-methyl/N-ethyl adjacent to an activating group) is 1. The SMILES string of the molecule is CNC(Cc1nc(C)cs1)Cc1cc(Cl)ccc1F. The molecule has 2 aromatic rings. The van der Waals surface area contributed by atoms with Crippen molar-refractivity contribution in [3.05, 3.63) is 50.7 Å². The van der Waals surface area contributed by atoms with Gasteiger partial charge in [-0.05, 0) is 44.2 Å². The number of hydrogen-bond acceptors (Lipinski definition) is 3. The number of halogens is 2. The summed E-state index contributed by atoms with van der Waals surface area (Å²) in [6.07, 6.45) is 1.39. The summed E-state index contributed by atoms with van der Waals surface area (Å²) in [7, 11) is 1.88. The van der Waals surface area contributed by atoms with Crippen molar-refractivity contribution in [2.75, 3.05) is 7.05 Å². The van der Waals surface area contributed by atoms with Crippen molar-refractivity contribution in [3.63, 3.8) is 0 Å². The molecule has 1 atom stereocenters. The van der Waals surface area contributed by atoms with E-state index in [1.807, 2.05) is 19.4 Å². The quantitative estimate of drug-likeness (QED) is 0.912. The molecule has 0 saturated heterocycles. The molecule has 102 valence electrons. The molecule has 0 fully saturated rings. The number of nitrogens with one attached hydrogen (secondary N) is 1. The Morgan fingerprint density at radius 2 is 2.21 bits per heavy atom. The van der Waals surface area contributed by atoms with Crippen molar-refractivity contribution >= 4 is 22.9 Å². The van der Waals surface area contributed by atoms with Crippen LogP contribution < -0.4 is 5.32 Å². The van der Waals surface area contributed by atoms with Gasteiger partial charge in [-0.25, -0.2) is 9.37 Å². The molecule has 0 bridgehead atoms. The van der Waals surface area contributed by atoms with Gasteiger partial charge in [-0.2, -0.15) is 0 Å². The number of rotatable bonds is 5. The minimum absolute atomic E-state index is 0.151. The Balaban J connectivity index is 2.08. The van der Waals surface area contributed by atoms with E-state index >= 15 is 0 Å². The first-order chi connectivity index (χ1) is 9.08. The average Bonchev–Trinajstić information content (AvgIpc) is 2.78. The molecule has 0 aliphatic heterocycles. The lowest BCUT2D eigenvalue weighted by atomic mass is 10.0. The summed E-state index contributed by atoms with van der Waals surface area (Å²) in [4.78, 5) is 4.44. The summed E-state index contributed by atoms with van der Waals surface area (Å²) in [6.45, 7) is 1.98. The van der Waals surface area contributed by atoms with E-state index in [0.29, 0.717) is 17.0 Å². The van der Waals surface area contributed by atoms with Crippen LogP contribution in [-0.2, 0) is 12.8 Å². The Hall–Kier alpha value is -0.970. The van der Waals surface area contributed by atoms with Gasteiger partial charge in [0, 0.05) is 28.6 Å². The average molecular weight is 299 g/mol. The Bertz CT molecular complexity index is 556. The molecule has 0 amide bonds. The van der Waals surface area contributed by atoms with Gasteiger partial charge in [0.15, 0.2) is 0 Å². The summed E-state index contributed by atoms with van der Waals surface area (Å²) >= 11 is 7.55. The van der Waals surface area contributed by atoms with Gasteiger partial charge in [0.25, 0.3) is 0 Å². The van der Waals surface area contributed by atoms with Gasteiger partial charge in [-0.3, -0.25) is 0 Å². The van der Waals surface area contributed by atoms with Crippen molar-refractivity contribution in [2.45, 2.75) is 25.8 Å². The number of thiazole rings is 1. The molecule has 0 saturated carbocycles. The van der Waals surface area contributed by atoms with Gasteiger partial charge >= 0.3 is 0 Å². The number of nitrogens with zero attached hydrogens (tertiary/aromatic N) is 1. The van der Waals surface area contributed by atoms with Crippen LogP contribution in [-0.4, -0.2) is 18.1 Å². The lowest BCUT2D eigenvalue weighted by molar-refractivity contribution is 0.531. The van der Waals surface area contributed by atoms with Gasteiger partial charge in [0.2, 0.25) is 0 Å². The van der Waals surface area contributed by atoms with E-state index < -0.39 is 0 Å². The molecule has 1 heterocycles. The van der Waals surface area contributed by atoms with Crippen LogP contribution in [0.25, 0.3) is 0 Å². The summed E-state index contributed by atoms with van der Waals surface area (Å²) in [5.41, 5.74) is 1.67. The van der Waals surface area contributed by atoms with Crippen molar-refractivity contribution in [1.29, 1.82) is 0 Å². The van der Waals surface area contributed by atoms with E-state index in [9.17, 15) is 4.39 Å². The first-order valence-electron chi connectivity index (χ1n) is 6.10. The van der Waals surface area contributed by atoms with Gasteiger partial charge in [-0.1, -0.05) is 11.6 Å². The monoisotopic (exact) mass is 298 g/mol. The van der Waals surface area contributed by atoms with Crippen LogP contribution in [0, 0.1) is 12.7 Å². The van der Waals surface area contributed by atoms with E-state index in [1.165, 1.54) is 6.07 Å². The minimum atomic E-state index is -0.208. The summed E-state index contributed by atoms with van der Waals surface area (Å²) in [6, 6.07) is 4.82. The second-order valence-electron chi connectivity index (χ2n) is 4.51. The molecule has 0 aliphatic rings. The molecule has 19 heavy (non-hydrogen) atoms. The Morgan fingerprint density at radius 3 is 2.84 bits per heavy atom. The number of aromatic nitrogens is 1. The normalized spacial score (nSPS) is 12.6. The summed E-state index contributed by atoms with van der Waals surface area (Å²) in [5, 5.41) is 6.88. The summed E-state index contributed by atoms with van der Waals surface area (Å²) in [5.74, 6) is -0.208. The van der Waals surface area contributed by atoms with Crippen LogP contribution in [0.3, 0.4) is 0 Å². The third kappa shape index (κ3) is 4.00.